The van der Waals surface area contributed by atoms with Gasteiger partial charge >= 0.3 is 0 Å². The first-order valence-corrected chi connectivity index (χ1v) is 9.19. The van der Waals surface area contributed by atoms with Crippen LogP contribution in [0.15, 0.2) is 72.8 Å². The van der Waals surface area contributed by atoms with Crippen LogP contribution >= 0.6 is 0 Å². The van der Waals surface area contributed by atoms with E-state index in [4.69, 9.17) is 4.74 Å². The van der Waals surface area contributed by atoms with Gasteiger partial charge in [-0.2, -0.15) is 0 Å². The van der Waals surface area contributed by atoms with Crippen LogP contribution in [0.25, 0.3) is 0 Å². The number of carbonyl (C=O) groups excluding carboxylic acids is 2. The van der Waals surface area contributed by atoms with Crippen molar-refractivity contribution in [2.45, 2.75) is 26.9 Å². The van der Waals surface area contributed by atoms with E-state index in [1.165, 1.54) is 0 Å². The van der Waals surface area contributed by atoms with E-state index in [2.05, 4.69) is 5.32 Å². The zero-order chi connectivity index (χ0) is 20.1. The molecular weight excluding hydrogens is 350 g/mol. The Morgan fingerprint density at radius 2 is 1.57 bits per heavy atom. The molecule has 0 aromatic heterocycles. The third-order valence-corrected chi connectivity index (χ3v) is 4.47. The number of aryl methyl sites for hydroxylation is 2. The van der Waals surface area contributed by atoms with E-state index in [9.17, 15) is 9.59 Å². The van der Waals surface area contributed by atoms with Crippen LogP contribution in [-0.4, -0.2) is 17.8 Å². The molecule has 4 heteroatoms. The molecule has 0 fully saturated rings. The second-order valence-corrected chi connectivity index (χ2v) is 6.76. The number of para-hydroxylation sites is 1. The molecule has 3 aromatic rings. The van der Waals surface area contributed by atoms with Crippen LogP contribution in [0.2, 0.25) is 0 Å². The summed E-state index contributed by atoms with van der Waals surface area (Å²) in [6.45, 7) is 5.64. The molecule has 1 amide bonds. The summed E-state index contributed by atoms with van der Waals surface area (Å²) in [5, 5.41) is 2.83. The Morgan fingerprint density at radius 3 is 2.29 bits per heavy atom. The number of carbonyl (C=O) groups is 2. The number of amides is 1. The molecule has 0 saturated carbocycles. The third-order valence-electron chi connectivity index (χ3n) is 4.47. The summed E-state index contributed by atoms with van der Waals surface area (Å²) < 4.78 is 5.82. The highest BCUT2D eigenvalue weighted by molar-refractivity contribution is 6.14. The Hall–Kier alpha value is -3.40. The molecule has 0 aliphatic carbocycles. The van der Waals surface area contributed by atoms with E-state index in [0.29, 0.717) is 22.6 Å². The van der Waals surface area contributed by atoms with Gasteiger partial charge in [0.05, 0.1) is 5.69 Å². The van der Waals surface area contributed by atoms with Crippen LogP contribution in [0.5, 0.6) is 5.75 Å². The molecule has 28 heavy (non-hydrogen) atoms. The van der Waals surface area contributed by atoms with Crippen molar-refractivity contribution in [3.8, 4) is 5.75 Å². The smallest absolute Gasteiger partial charge is 0.265 e. The average molecular weight is 373 g/mol. The summed E-state index contributed by atoms with van der Waals surface area (Å²) in [5.41, 5.74) is 3.59. The predicted octanol–water partition coefficient (Wildman–Crippen LogP) is 4.94. The van der Waals surface area contributed by atoms with Gasteiger partial charge in [-0.05, 0) is 44.5 Å². The maximum absolute atomic E-state index is 12.8. The molecule has 0 saturated heterocycles. The molecule has 0 radical (unpaired) electrons. The van der Waals surface area contributed by atoms with Gasteiger partial charge in [0, 0.05) is 11.1 Å². The van der Waals surface area contributed by atoms with Gasteiger partial charge in [0.2, 0.25) is 0 Å². The Bertz CT molecular complexity index is 996. The summed E-state index contributed by atoms with van der Waals surface area (Å²) in [6, 6.07) is 21.8. The second-order valence-electron chi connectivity index (χ2n) is 6.76. The summed E-state index contributed by atoms with van der Waals surface area (Å²) in [7, 11) is 0. The average Bonchev–Trinajstić information content (AvgIpc) is 2.70. The zero-order valence-corrected chi connectivity index (χ0v) is 16.2. The topological polar surface area (TPSA) is 55.4 Å². The van der Waals surface area contributed by atoms with Crippen molar-refractivity contribution < 1.29 is 14.3 Å². The van der Waals surface area contributed by atoms with Gasteiger partial charge in [-0.1, -0.05) is 60.2 Å². The Morgan fingerprint density at radius 1 is 0.893 bits per heavy atom. The van der Waals surface area contributed by atoms with Crippen molar-refractivity contribution in [1.29, 1.82) is 0 Å². The summed E-state index contributed by atoms with van der Waals surface area (Å²) >= 11 is 0. The highest BCUT2D eigenvalue weighted by atomic mass is 16.5. The Labute approximate surface area is 165 Å². The number of hydrogen-bond acceptors (Lipinski definition) is 3. The zero-order valence-electron chi connectivity index (χ0n) is 16.2. The van der Waals surface area contributed by atoms with Crippen LogP contribution < -0.4 is 10.1 Å². The molecule has 4 nitrogen and oxygen atoms in total. The van der Waals surface area contributed by atoms with Gasteiger partial charge in [0.1, 0.15) is 5.75 Å². The molecule has 3 aromatic carbocycles. The van der Waals surface area contributed by atoms with Crippen molar-refractivity contribution in [3.05, 3.63) is 95.1 Å². The first-order valence-electron chi connectivity index (χ1n) is 9.19. The summed E-state index contributed by atoms with van der Waals surface area (Å²) in [5.74, 6) is 0.217. The monoisotopic (exact) mass is 373 g/mol. The highest BCUT2D eigenvalue weighted by Gasteiger charge is 2.19. The Balaban J connectivity index is 1.76. The van der Waals surface area contributed by atoms with Gasteiger partial charge < -0.3 is 10.1 Å². The largest absolute Gasteiger partial charge is 0.481 e. The fraction of sp³-hybridized carbons (Fsp3) is 0.167. The van der Waals surface area contributed by atoms with E-state index in [-0.39, 0.29) is 11.7 Å². The van der Waals surface area contributed by atoms with Crippen LogP contribution in [0, 0.1) is 13.8 Å². The minimum atomic E-state index is -0.707. The fourth-order valence-corrected chi connectivity index (χ4v) is 2.95. The van der Waals surface area contributed by atoms with E-state index < -0.39 is 6.10 Å². The van der Waals surface area contributed by atoms with Crippen LogP contribution in [0.4, 0.5) is 5.69 Å². The lowest BCUT2D eigenvalue weighted by Gasteiger charge is -2.17. The molecule has 0 aliphatic heterocycles. The molecular formula is C24H23NO3. The van der Waals surface area contributed by atoms with E-state index in [1.807, 2.05) is 50.2 Å². The number of nitrogens with one attached hydrogen (secondary N) is 1. The van der Waals surface area contributed by atoms with Gasteiger partial charge in [0.15, 0.2) is 11.9 Å². The Kier molecular flexibility index (Phi) is 5.90. The molecule has 142 valence electrons. The first kappa shape index (κ1) is 19.4. The quantitative estimate of drug-likeness (QED) is 0.623. The van der Waals surface area contributed by atoms with E-state index in [0.717, 1.165) is 11.1 Å². The molecule has 0 bridgehead atoms. The molecule has 0 aliphatic rings. The SMILES string of the molecule is Cc1ccc(O[C@H](C)C(=O)Nc2ccccc2C(=O)c2ccccc2)c(C)c1. The number of benzene rings is 3. The van der Waals surface area contributed by atoms with Crippen LogP contribution in [-0.2, 0) is 4.79 Å². The fourth-order valence-electron chi connectivity index (χ4n) is 2.95. The number of anilines is 1. The molecule has 0 unspecified atom stereocenters. The van der Waals surface area contributed by atoms with E-state index in [1.54, 1.807) is 43.3 Å². The lowest BCUT2D eigenvalue weighted by molar-refractivity contribution is -0.122. The number of rotatable bonds is 6. The number of ketones is 1. The highest BCUT2D eigenvalue weighted by Crippen LogP contribution is 2.22. The maximum Gasteiger partial charge on any atom is 0.265 e. The van der Waals surface area contributed by atoms with Crippen LogP contribution in [0.1, 0.15) is 34.0 Å². The summed E-state index contributed by atoms with van der Waals surface area (Å²) in [4.78, 5) is 25.5. The van der Waals surface area contributed by atoms with Gasteiger partial charge in [-0.3, -0.25) is 9.59 Å². The van der Waals surface area contributed by atoms with Gasteiger partial charge in [0.25, 0.3) is 5.91 Å². The van der Waals surface area contributed by atoms with Crippen molar-refractivity contribution in [2.75, 3.05) is 5.32 Å². The van der Waals surface area contributed by atoms with Gasteiger partial charge in [-0.15, -0.1) is 0 Å². The predicted molar refractivity (Wildman–Crippen MR) is 111 cm³/mol. The number of hydrogen-bond donors (Lipinski definition) is 1. The molecule has 1 atom stereocenters. The van der Waals surface area contributed by atoms with Crippen molar-refractivity contribution >= 4 is 17.4 Å². The normalized spacial score (nSPS) is 11.5. The van der Waals surface area contributed by atoms with Crippen molar-refractivity contribution in [3.63, 3.8) is 0 Å². The third kappa shape index (κ3) is 4.46. The lowest BCUT2D eigenvalue weighted by atomic mass is 10.0. The molecule has 3 rings (SSSR count). The van der Waals surface area contributed by atoms with Crippen molar-refractivity contribution in [1.82, 2.24) is 0 Å². The van der Waals surface area contributed by atoms with Crippen molar-refractivity contribution in [2.24, 2.45) is 0 Å². The minimum absolute atomic E-state index is 0.139. The standard InChI is InChI=1S/C24H23NO3/c1-16-13-14-22(17(2)15-16)28-18(3)24(27)25-21-12-8-7-11-20(21)23(26)19-9-5-4-6-10-19/h4-15,18H,1-3H3,(H,25,27)/t18-/m1/s1. The van der Waals surface area contributed by atoms with E-state index >= 15 is 0 Å². The molecule has 0 heterocycles. The maximum atomic E-state index is 12.8. The summed E-state index contributed by atoms with van der Waals surface area (Å²) in [6.07, 6.45) is -0.707. The van der Waals surface area contributed by atoms with Gasteiger partial charge in [-0.25, -0.2) is 0 Å². The number of ether oxygens (including phenoxy) is 1. The minimum Gasteiger partial charge on any atom is -0.481 e. The molecule has 1 N–H and O–H groups in total. The second kappa shape index (κ2) is 8.53. The lowest BCUT2D eigenvalue weighted by Crippen LogP contribution is -2.31. The first-order chi connectivity index (χ1) is 13.5. The van der Waals surface area contributed by atoms with Crippen LogP contribution in [0.3, 0.4) is 0 Å². The molecule has 0 spiro atoms.